The van der Waals surface area contributed by atoms with Crippen molar-refractivity contribution in [3.05, 3.63) is 65.7 Å². The third-order valence-corrected chi connectivity index (χ3v) is 9.32. The summed E-state index contributed by atoms with van der Waals surface area (Å²) in [6.45, 7) is 10.8. The fourth-order valence-corrected chi connectivity index (χ4v) is 6.50. The lowest BCUT2D eigenvalue weighted by molar-refractivity contribution is -0.130. The van der Waals surface area contributed by atoms with Gasteiger partial charge < -0.3 is 30.5 Å². The zero-order valence-corrected chi connectivity index (χ0v) is 28.8. The highest BCUT2D eigenvalue weighted by Crippen LogP contribution is 2.18. The van der Waals surface area contributed by atoms with Gasteiger partial charge in [-0.25, -0.2) is 4.79 Å². The molecule has 2 aromatic carbocycles. The van der Waals surface area contributed by atoms with E-state index >= 15 is 0 Å². The van der Waals surface area contributed by atoms with Crippen molar-refractivity contribution in [3.8, 4) is 5.75 Å². The fourth-order valence-electron chi connectivity index (χ4n) is 6.50. The molecular weight excluding hydrogens is 590 g/mol. The topological polar surface area (TPSA) is 103 Å². The first-order valence-corrected chi connectivity index (χ1v) is 17.9. The van der Waals surface area contributed by atoms with Crippen molar-refractivity contribution in [2.75, 3.05) is 32.7 Å². The summed E-state index contributed by atoms with van der Waals surface area (Å²) in [6, 6.07) is 16.6. The molecule has 0 saturated carbocycles. The van der Waals surface area contributed by atoms with E-state index in [1.165, 1.54) is 19.3 Å². The second-order valence-corrected chi connectivity index (χ2v) is 13.7. The van der Waals surface area contributed by atoms with Gasteiger partial charge in [-0.1, -0.05) is 75.6 Å². The molecule has 3 atom stereocenters. The van der Waals surface area contributed by atoms with Crippen LogP contribution in [0.4, 0.5) is 4.79 Å². The van der Waals surface area contributed by atoms with E-state index in [4.69, 9.17) is 4.74 Å². The Morgan fingerprint density at radius 3 is 2.19 bits per heavy atom. The number of ether oxygens (including phenoxy) is 1. The monoisotopic (exact) mass is 647 g/mol. The number of rotatable bonds is 15. The van der Waals surface area contributed by atoms with Gasteiger partial charge >= 0.3 is 6.03 Å². The first-order valence-electron chi connectivity index (χ1n) is 17.9. The molecule has 9 heteroatoms. The van der Waals surface area contributed by atoms with E-state index in [2.05, 4.69) is 27.8 Å². The molecule has 2 fully saturated rings. The Labute approximate surface area is 282 Å². The summed E-state index contributed by atoms with van der Waals surface area (Å²) in [4.78, 5) is 44.9. The van der Waals surface area contributed by atoms with Crippen LogP contribution in [0.5, 0.6) is 5.75 Å². The lowest BCUT2D eigenvalue weighted by Gasteiger charge is -2.33. The summed E-state index contributed by atoms with van der Waals surface area (Å²) in [7, 11) is 0. The van der Waals surface area contributed by atoms with Crippen LogP contribution in [0, 0.1) is 5.92 Å². The van der Waals surface area contributed by atoms with Gasteiger partial charge in [-0.15, -0.1) is 0 Å². The normalized spacial score (nSPS) is 18.6. The zero-order valence-electron chi connectivity index (χ0n) is 28.8. The highest BCUT2D eigenvalue weighted by atomic mass is 16.5. The standard InChI is InChI=1S/C38H57N5O4/c1-29(2)26-34(41-38(46)43-23-10-4-5-11-24-43)37(45)40-35(36(44)39-21-13-25-42-22-12-9-14-30(42)3)27-31-17-19-33(20-18-31)47-28-32-15-7-6-8-16-32/h6-8,15-20,29-30,34-35H,4-5,9-14,21-28H2,1-3H3,(H,39,44)(H,40,45)(H,41,46). The Balaban J connectivity index is 1.40. The van der Waals surface area contributed by atoms with E-state index in [1.54, 1.807) is 0 Å². The molecule has 4 amide bonds. The molecule has 2 heterocycles. The van der Waals surface area contributed by atoms with Crippen LogP contribution in [0.3, 0.4) is 0 Å². The molecule has 0 spiro atoms. The zero-order chi connectivity index (χ0) is 33.4. The molecule has 0 aliphatic carbocycles. The quantitative estimate of drug-likeness (QED) is 0.216. The molecule has 2 saturated heterocycles. The Hall–Kier alpha value is -3.59. The van der Waals surface area contributed by atoms with Crippen molar-refractivity contribution < 1.29 is 19.1 Å². The molecule has 0 aromatic heterocycles. The van der Waals surface area contributed by atoms with E-state index in [0.717, 1.165) is 62.1 Å². The number of urea groups is 1. The summed E-state index contributed by atoms with van der Waals surface area (Å²) in [6.07, 6.45) is 9.59. The Bertz CT molecular complexity index is 1230. The van der Waals surface area contributed by atoms with Crippen LogP contribution in [0.2, 0.25) is 0 Å². The highest BCUT2D eigenvalue weighted by Gasteiger charge is 2.29. The van der Waals surface area contributed by atoms with Crippen LogP contribution in [0.25, 0.3) is 0 Å². The lowest BCUT2D eigenvalue weighted by atomic mass is 10.0. The first kappa shape index (κ1) is 36.2. The maximum atomic E-state index is 13.8. The van der Waals surface area contributed by atoms with E-state index in [0.29, 0.717) is 45.1 Å². The molecule has 2 aliphatic heterocycles. The van der Waals surface area contributed by atoms with Crippen molar-refractivity contribution >= 4 is 17.8 Å². The van der Waals surface area contributed by atoms with E-state index in [9.17, 15) is 14.4 Å². The van der Waals surface area contributed by atoms with Crippen molar-refractivity contribution in [1.82, 2.24) is 25.8 Å². The number of hydrogen-bond acceptors (Lipinski definition) is 5. The number of carbonyl (C=O) groups excluding carboxylic acids is 3. The van der Waals surface area contributed by atoms with Crippen molar-refractivity contribution in [2.24, 2.45) is 5.92 Å². The number of carbonyl (C=O) groups is 3. The van der Waals surface area contributed by atoms with E-state index < -0.39 is 12.1 Å². The molecule has 2 aliphatic rings. The van der Waals surface area contributed by atoms with Crippen molar-refractivity contribution in [3.63, 3.8) is 0 Å². The van der Waals surface area contributed by atoms with Crippen LogP contribution in [0.1, 0.15) is 89.7 Å². The number of nitrogens with zero attached hydrogens (tertiary/aromatic N) is 2. The molecule has 3 N–H and O–H groups in total. The molecule has 47 heavy (non-hydrogen) atoms. The number of nitrogens with one attached hydrogen (secondary N) is 3. The summed E-state index contributed by atoms with van der Waals surface area (Å²) < 4.78 is 5.95. The van der Waals surface area contributed by atoms with Gasteiger partial charge in [-0.2, -0.15) is 0 Å². The van der Waals surface area contributed by atoms with Crippen LogP contribution < -0.4 is 20.7 Å². The molecule has 258 valence electrons. The second kappa shape index (κ2) is 19.3. The Morgan fingerprint density at radius 1 is 0.809 bits per heavy atom. The molecule has 0 radical (unpaired) electrons. The summed E-state index contributed by atoms with van der Waals surface area (Å²) in [5.74, 6) is 0.384. The van der Waals surface area contributed by atoms with Gasteiger partial charge in [0, 0.05) is 38.6 Å². The molecule has 2 aromatic rings. The minimum absolute atomic E-state index is 0.183. The number of benzene rings is 2. The predicted octanol–water partition coefficient (Wildman–Crippen LogP) is 5.67. The molecule has 3 unspecified atom stereocenters. The van der Waals surface area contributed by atoms with Gasteiger partial charge in [0.2, 0.25) is 11.8 Å². The van der Waals surface area contributed by atoms with Crippen LogP contribution in [-0.2, 0) is 22.6 Å². The van der Waals surface area contributed by atoms with E-state index in [-0.39, 0.29) is 23.8 Å². The maximum absolute atomic E-state index is 13.8. The van der Waals surface area contributed by atoms with Gasteiger partial charge in [0.1, 0.15) is 24.4 Å². The summed E-state index contributed by atoms with van der Waals surface area (Å²) in [5, 5.41) is 9.12. The Morgan fingerprint density at radius 2 is 1.51 bits per heavy atom. The SMILES string of the molecule is CC(C)CC(NC(=O)N1CCCCCC1)C(=O)NC(Cc1ccc(OCc2ccccc2)cc1)C(=O)NCCCN1CCCCC1C. The van der Waals surface area contributed by atoms with Crippen LogP contribution in [0.15, 0.2) is 54.6 Å². The Kier molecular flexibility index (Phi) is 14.9. The van der Waals surface area contributed by atoms with Gasteiger partial charge in [0.05, 0.1) is 0 Å². The van der Waals surface area contributed by atoms with E-state index in [1.807, 2.05) is 73.3 Å². The van der Waals surface area contributed by atoms with Crippen LogP contribution in [-0.4, -0.2) is 78.5 Å². The number of hydrogen-bond donors (Lipinski definition) is 3. The van der Waals surface area contributed by atoms with Gasteiger partial charge in [0.25, 0.3) is 0 Å². The molecule has 9 nitrogen and oxygen atoms in total. The average molecular weight is 648 g/mol. The second-order valence-electron chi connectivity index (χ2n) is 13.7. The highest BCUT2D eigenvalue weighted by molar-refractivity contribution is 5.92. The predicted molar refractivity (Wildman–Crippen MR) is 187 cm³/mol. The van der Waals surface area contributed by atoms with Crippen molar-refractivity contribution in [2.45, 2.75) is 110 Å². The minimum atomic E-state index is -0.780. The van der Waals surface area contributed by atoms with Crippen LogP contribution >= 0.6 is 0 Å². The average Bonchev–Trinajstić information content (AvgIpc) is 3.37. The number of likely N-dealkylation sites (tertiary alicyclic amines) is 2. The summed E-state index contributed by atoms with van der Waals surface area (Å²) in [5.41, 5.74) is 2.00. The third kappa shape index (κ3) is 12.5. The maximum Gasteiger partial charge on any atom is 0.318 e. The number of piperidine rings is 1. The van der Waals surface area contributed by atoms with Crippen molar-refractivity contribution in [1.29, 1.82) is 0 Å². The molecule has 0 bridgehead atoms. The fraction of sp³-hybridized carbons (Fsp3) is 0.605. The minimum Gasteiger partial charge on any atom is -0.489 e. The van der Waals surface area contributed by atoms with Gasteiger partial charge in [-0.3, -0.25) is 9.59 Å². The lowest BCUT2D eigenvalue weighted by Crippen LogP contribution is -2.56. The van der Waals surface area contributed by atoms with Gasteiger partial charge in [0.15, 0.2) is 0 Å². The first-order chi connectivity index (χ1) is 22.8. The molecular formula is C38H57N5O4. The summed E-state index contributed by atoms with van der Waals surface area (Å²) >= 11 is 0. The third-order valence-electron chi connectivity index (χ3n) is 9.32. The molecule has 4 rings (SSSR count). The van der Waals surface area contributed by atoms with Gasteiger partial charge in [-0.05, 0) is 81.2 Å². The smallest absolute Gasteiger partial charge is 0.318 e. The number of amides is 4. The largest absolute Gasteiger partial charge is 0.489 e.